The SMILES string of the molecule is O=C(c1ccc(-c2ccncn2)cc1)N1CCNCC1. The minimum atomic E-state index is 0.0979. The summed E-state index contributed by atoms with van der Waals surface area (Å²) < 4.78 is 0. The van der Waals surface area contributed by atoms with Gasteiger partial charge in [-0.15, -0.1) is 0 Å². The minimum Gasteiger partial charge on any atom is -0.336 e. The molecule has 5 nitrogen and oxygen atoms in total. The van der Waals surface area contributed by atoms with Crippen LogP contribution in [0.3, 0.4) is 0 Å². The van der Waals surface area contributed by atoms with Gasteiger partial charge in [-0.2, -0.15) is 0 Å². The molecule has 102 valence electrons. The summed E-state index contributed by atoms with van der Waals surface area (Å²) in [4.78, 5) is 22.3. The Morgan fingerprint density at radius 2 is 1.85 bits per heavy atom. The molecule has 0 atom stereocenters. The molecule has 1 saturated heterocycles. The van der Waals surface area contributed by atoms with E-state index in [4.69, 9.17) is 0 Å². The monoisotopic (exact) mass is 268 g/mol. The minimum absolute atomic E-state index is 0.0979. The topological polar surface area (TPSA) is 58.1 Å². The molecule has 1 fully saturated rings. The van der Waals surface area contributed by atoms with Gasteiger partial charge in [0.05, 0.1) is 5.69 Å². The summed E-state index contributed by atoms with van der Waals surface area (Å²) in [5.41, 5.74) is 2.58. The molecule has 0 bridgehead atoms. The quantitative estimate of drug-likeness (QED) is 0.889. The molecule has 5 heteroatoms. The van der Waals surface area contributed by atoms with Crippen LogP contribution in [-0.2, 0) is 0 Å². The Bertz CT molecular complexity index is 577. The molecule has 0 unspecified atom stereocenters. The van der Waals surface area contributed by atoms with Gasteiger partial charge in [0, 0.05) is 43.5 Å². The molecule has 1 aliphatic rings. The van der Waals surface area contributed by atoms with E-state index >= 15 is 0 Å². The second-order valence-electron chi connectivity index (χ2n) is 4.71. The van der Waals surface area contributed by atoms with Crippen LogP contribution in [0, 0.1) is 0 Å². The van der Waals surface area contributed by atoms with Gasteiger partial charge < -0.3 is 10.2 Å². The average Bonchev–Trinajstić information content (AvgIpc) is 2.56. The summed E-state index contributed by atoms with van der Waals surface area (Å²) in [7, 11) is 0. The van der Waals surface area contributed by atoms with Crippen LogP contribution in [0.25, 0.3) is 11.3 Å². The van der Waals surface area contributed by atoms with E-state index in [2.05, 4.69) is 15.3 Å². The number of aromatic nitrogens is 2. The lowest BCUT2D eigenvalue weighted by atomic mass is 10.1. The lowest BCUT2D eigenvalue weighted by Gasteiger charge is -2.27. The first kappa shape index (κ1) is 12.7. The molecule has 1 aromatic heterocycles. The number of carbonyl (C=O) groups excluding carboxylic acids is 1. The molecule has 3 rings (SSSR count). The fraction of sp³-hybridized carbons (Fsp3) is 0.267. The molecule has 1 N–H and O–H groups in total. The van der Waals surface area contributed by atoms with Crippen molar-refractivity contribution < 1.29 is 4.79 Å². The highest BCUT2D eigenvalue weighted by molar-refractivity contribution is 5.94. The van der Waals surface area contributed by atoms with E-state index in [9.17, 15) is 4.79 Å². The van der Waals surface area contributed by atoms with Crippen molar-refractivity contribution in [2.75, 3.05) is 26.2 Å². The highest BCUT2D eigenvalue weighted by Crippen LogP contribution is 2.17. The van der Waals surface area contributed by atoms with Crippen molar-refractivity contribution in [1.82, 2.24) is 20.2 Å². The number of nitrogens with zero attached hydrogens (tertiary/aromatic N) is 3. The molecule has 0 radical (unpaired) electrons. The summed E-state index contributed by atoms with van der Waals surface area (Å²) >= 11 is 0. The Morgan fingerprint density at radius 1 is 1.10 bits per heavy atom. The van der Waals surface area contributed by atoms with Gasteiger partial charge in [0.2, 0.25) is 0 Å². The van der Waals surface area contributed by atoms with Gasteiger partial charge in [-0.3, -0.25) is 4.79 Å². The van der Waals surface area contributed by atoms with Gasteiger partial charge in [0.15, 0.2) is 0 Å². The van der Waals surface area contributed by atoms with Crippen molar-refractivity contribution in [3.63, 3.8) is 0 Å². The number of rotatable bonds is 2. The van der Waals surface area contributed by atoms with Crippen molar-refractivity contribution >= 4 is 5.91 Å². The van der Waals surface area contributed by atoms with Crippen molar-refractivity contribution in [3.8, 4) is 11.3 Å². The van der Waals surface area contributed by atoms with Crippen LogP contribution in [-0.4, -0.2) is 47.0 Å². The fourth-order valence-corrected chi connectivity index (χ4v) is 2.30. The maximum Gasteiger partial charge on any atom is 0.253 e. The first-order valence-electron chi connectivity index (χ1n) is 6.71. The third-order valence-electron chi connectivity index (χ3n) is 3.41. The zero-order valence-electron chi connectivity index (χ0n) is 11.1. The number of carbonyl (C=O) groups is 1. The molecule has 0 saturated carbocycles. The molecule has 2 heterocycles. The van der Waals surface area contributed by atoms with E-state index in [1.165, 1.54) is 6.33 Å². The number of hydrogen-bond acceptors (Lipinski definition) is 4. The Labute approximate surface area is 117 Å². The Balaban J connectivity index is 1.77. The number of nitrogens with one attached hydrogen (secondary N) is 1. The van der Waals surface area contributed by atoms with Crippen molar-refractivity contribution in [2.45, 2.75) is 0 Å². The molecule has 0 spiro atoms. The molecule has 1 aromatic carbocycles. The van der Waals surface area contributed by atoms with Crippen molar-refractivity contribution in [3.05, 3.63) is 48.4 Å². The van der Waals surface area contributed by atoms with E-state index in [1.54, 1.807) is 6.20 Å². The van der Waals surface area contributed by atoms with Gasteiger partial charge in [-0.1, -0.05) is 12.1 Å². The number of hydrogen-bond donors (Lipinski definition) is 1. The zero-order chi connectivity index (χ0) is 13.8. The second-order valence-corrected chi connectivity index (χ2v) is 4.71. The zero-order valence-corrected chi connectivity index (χ0v) is 11.1. The maximum absolute atomic E-state index is 12.3. The van der Waals surface area contributed by atoms with Crippen LogP contribution >= 0.6 is 0 Å². The van der Waals surface area contributed by atoms with E-state index in [1.807, 2.05) is 35.2 Å². The van der Waals surface area contributed by atoms with Crippen LogP contribution in [0.4, 0.5) is 0 Å². The first-order chi connectivity index (χ1) is 9.84. The van der Waals surface area contributed by atoms with Gasteiger partial charge in [-0.25, -0.2) is 9.97 Å². The van der Waals surface area contributed by atoms with Crippen LogP contribution in [0.2, 0.25) is 0 Å². The van der Waals surface area contributed by atoms with E-state index in [0.29, 0.717) is 0 Å². The summed E-state index contributed by atoms with van der Waals surface area (Å²) in [6, 6.07) is 9.44. The van der Waals surface area contributed by atoms with E-state index in [-0.39, 0.29) is 5.91 Å². The van der Waals surface area contributed by atoms with Crippen molar-refractivity contribution in [2.24, 2.45) is 0 Å². The van der Waals surface area contributed by atoms with E-state index < -0.39 is 0 Å². The molecule has 1 aliphatic heterocycles. The molecule has 20 heavy (non-hydrogen) atoms. The first-order valence-corrected chi connectivity index (χ1v) is 6.71. The van der Waals surface area contributed by atoms with Gasteiger partial charge in [0.1, 0.15) is 6.33 Å². The summed E-state index contributed by atoms with van der Waals surface area (Å²) in [6.07, 6.45) is 3.23. The van der Waals surface area contributed by atoms with Crippen LogP contribution < -0.4 is 5.32 Å². The lowest BCUT2D eigenvalue weighted by Crippen LogP contribution is -2.46. The molecule has 0 aliphatic carbocycles. The van der Waals surface area contributed by atoms with Gasteiger partial charge in [-0.05, 0) is 18.2 Å². The third kappa shape index (κ3) is 2.67. The highest BCUT2D eigenvalue weighted by atomic mass is 16.2. The van der Waals surface area contributed by atoms with E-state index in [0.717, 1.165) is 43.0 Å². The van der Waals surface area contributed by atoms with Crippen LogP contribution in [0.5, 0.6) is 0 Å². The number of amides is 1. The smallest absolute Gasteiger partial charge is 0.253 e. The Hall–Kier alpha value is -2.27. The molecule has 2 aromatic rings. The largest absolute Gasteiger partial charge is 0.336 e. The van der Waals surface area contributed by atoms with Crippen LogP contribution in [0.1, 0.15) is 10.4 Å². The molecule has 1 amide bonds. The second kappa shape index (κ2) is 5.79. The highest BCUT2D eigenvalue weighted by Gasteiger charge is 2.17. The van der Waals surface area contributed by atoms with Gasteiger partial charge in [0.25, 0.3) is 5.91 Å². The lowest BCUT2D eigenvalue weighted by molar-refractivity contribution is 0.0736. The molecular weight excluding hydrogens is 252 g/mol. The predicted molar refractivity (Wildman–Crippen MR) is 76.2 cm³/mol. The average molecular weight is 268 g/mol. The predicted octanol–water partition coefficient (Wildman–Crippen LogP) is 1.19. The third-order valence-corrected chi connectivity index (χ3v) is 3.41. The van der Waals surface area contributed by atoms with Crippen molar-refractivity contribution in [1.29, 1.82) is 0 Å². The van der Waals surface area contributed by atoms with Gasteiger partial charge >= 0.3 is 0 Å². The van der Waals surface area contributed by atoms with Crippen LogP contribution in [0.15, 0.2) is 42.9 Å². The number of benzene rings is 1. The summed E-state index contributed by atoms with van der Waals surface area (Å²) in [5.74, 6) is 0.0979. The normalized spacial score (nSPS) is 15.1. The number of piperazine rings is 1. The standard InChI is InChI=1S/C15H16N4O/c20-15(19-9-7-16-8-10-19)13-3-1-12(2-4-13)14-5-6-17-11-18-14/h1-6,11,16H,7-10H2. The molecular formula is C15H16N4O. The Morgan fingerprint density at radius 3 is 2.50 bits per heavy atom. The summed E-state index contributed by atoms with van der Waals surface area (Å²) in [5, 5.41) is 3.24. The maximum atomic E-state index is 12.3. The Kier molecular flexibility index (Phi) is 3.69. The fourth-order valence-electron chi connectivity index (χ4n) is 2.30. The summed E-state index contributed by atoms with van der Waals surface area (Å²) in [6.45, 7) is 3.27.